The molecule has 0 aliphatic carbocycles. The zero-order chi connectivity index (χ0) is 13.8. The number of carbonyl (C=O) groups is 1. The average Bonchev–Trinajstić information content (AvgIpc) is 2.44. The number of rotatable bonds is 4. The maximum Gasteiger partial charge on any atom is 0.227 e. The van der Waals surface area contributed by atoms with Crippen LogP contribution < -0.4 is 10.2 Å². The Morgan fingerprint density at radius 1 is 1.47 bits per heavy atom. The number of nitrogens with zero attached hydrogens (tertiary/aromatic N) is 2. The fourth-order valence-corrected chi connectivity index (χ4v) is 2.29. The van der Waals surface area contributed by atoms with E-state index in [9.17, 15) is 4.79 Å². The number of hydrogen-bond acceptors (Lipinski definition) is 3. The van der Waals surface area contributed by atoms with Gasteiger partial charge in [-0.3, -0.25) is 4.79 Å². The van der Waals surface area contributed by atoms with Gasteiger partial charge in [0.15, 0.2) is 0 Å². The lowest BCUT2D eigenvalue weighted by Crippen LogP contribution is -2.31. The number of fused-ring (bicyclic) bond motifs is 1. The first-order valence-corrected chi connectivity index (χ1v) is 6.68. The van der Waals surface area contributed by atoms with Crippen molar-refractivity contribution in [1.29, 1.82) is 5.26 Å². The zero-order valence-electron chi connectivity index (χ0n) is 11.4. The Kier molecular flexibility index (Phi) is 4.06. The van der Waals surface area contributed by atoms with Gasteiger partial charge in [-0.1, -0.05) is 6.92 Å². The van der Waals surface area contributed by atoms with E-state index in [2.05, 4.69) is 17.5 Å². The van der Waals surface area contributed by atoms with Gasteiger partial charge in [-0.15, -0.1) is 0 Å². The predicted octanol–water partition coefficient (Wildman–Crippen LogP) is 2.56. The highest BCUT2D eigenvalue weighted by Gasteiger charge is 2.20. The summed E-state index contributed by atoms with van der Waals surface area (Å²) in [4.78, 5) is 13.3. The molecule has 1 unspecified atom stereocenters. The molecule has 2 rings (SSSR count). The lowest BCUT2D eigenvalue weighted by Gasteiger charge is -2.26. The van der Waals surface area contributed by atoms with E-state index in [1.807, 2.05) is 26.1 Å². The number of carbonyl (C=O) groups excluding carboxylic acids is 1. The molecule has 1 N–H and O–H groups in total. The maximum absolute atomic E-state index is 11.6. The normalized spacial score (nSPS) is 15.6. The minimum atomic E-state index is 0.0419. The van der Waals surface area contributed by atoms with Gasteiger partial charge in [-0.2, -0.15) is 5.26 Å². The number of hydrogen-bond donors (Lipinski definition) is 1. The van der Waals surface area contributed by atoms with Crippen LogP contribution in [0.5, 0.6) is 0 Å². The van der Waals surface area contributed by atoms with Gasteiger partial charge in [0, 0.05) is 31.4 Å². The van der Waals surface area contributed by atoms with E-state index in [4.69, 9.17) is 5.26 Å². The third kappa shape index (κ3) is 2.87. The van der Waals surface area contributed by atoms with Crippen LogP contribution in [0.1, 0.15) is 25.3 Å². The predicted molar refractivity (Wildman–Crippen MR) is 76.1 cm³/mol. The van der Waals surface area contributed by atoms with E-state index in [0.717, 1.165) is 24.2 Å². The summed E-state index contributed by atoms with van der Waals surface area (Å²) >= 11 is 0. The van der Waals surface area contributed by atoms with Gasteiger partial charge in [0.1, 0.15) is 0 Å². The molecule has 19 heavy (non-hydrogen) atoms. The molecule has 1 aliphatic heterocycles. The summed E-state index contributed by atoms with van der Waals surface area (Å²) < 4.78 is 0. The summed E-state index contributed by atoms with van der Waals surface area (Å²) in [6.07, 6.45) is 2.22. The molecule has 1 aromatic carbocycles. The van der Waals surface area contributed by atoms with Gasteiger partial charge in [0.05, 0.1) is 12.0 Å². The van der Waals surface area contributed by atoms with Gasteiger partial charge >= 0.3 is 0 Å². The summed E-state index contributed by atoms with van der Waals surface area (Å²) in [6.45, 7) is 2.68. The van der Waals surface area contributed by atoms with E-state index in [0.29, 0.717) is 13.0 Å². The Morgan fingerprint density at radius 3 is 2.95 bits per heavy atom. The topological polar surface area (TPSA) is 56.1 Å². The lowest BCUT2D eigenvalue weighted by atomic mass is 10.0. The smallest absolute Gasteiger partial charge is 0.227 e. The van der Waals surface area contributed by atoms with Gasteiger partial charge in [-0.25, -0.2) is 0 Å². The van der Waals surface area contributed by atoms with Crippen LogP contribution in [0.3, 0.4) is 0 Å². The zero-order valence-corrected chi connectivity index (χ0v) is 11.4. The highest BCUT2D eigenvalue weighted by Crippen LogP contribution is 2.29. The number of nitrogens with one attached hydrogen (secondary N) is 1. The molecule has 0 bridgehead atoms. The van der Waals surface area contributed by atoms with Crippen molar-refractivity contribution in [3.63, 3.8) is 0 Å². The van der Waals surface area contributed by atoms with Gasteiger partial charge in [0.2, 0.25) is 5.91 Å². The maximum atomic E-state index is 11.6. The van der Waals surface area contributed by atoms with Crippen LogP contribution in [0, 0.1) is 17.2 Å². The minimum Gasteiger partial charge on any atom is -0.384 e. The summed E-state index contributed by atoms with van der Waals surface area (Å²) in [6, 6.07) is 8.31. The molecule has 4 nitrogen and oxygen atoms in total. The molecule has 1 atom stereocenters. The van der Waals surface area contributed by atoms with Crippen LogP contribution in [0.2, 0.25) is 0 Å². The van der Waals surface area contributed by atoms with Crippen molar-refractivity contribution in [3.05, 3.63) is 23.8 Å². The molecule has 100 valence electrons. The minimum absolute atomic E-state index is 0.0419. The molecule has 0 aromatic heterocycles. The van der Waals surface area contributed by atoms with Crippen LogP contribution in [-0.2, 0) is 11.2 Å². The standard InChI is InChI=1S/C15H19N3O/c1-3-11(9-16)10-17-13-5-6-14-12(8-13)4-7-15(19)18(14)2/h5-6,8,11,17H,3-4,7,10H2,1-2H3. The number of nitriles is 1. The molecule has 1 aromatic rings. The van der Waals surface area contributed by atoms with Crippen molar-refractivity contribution >= 4 is 17.3 Å². The largest absolute Gasteiger partial charge is 0.384 e. The molecule has 0 saturated carbocycles. The van der Waals surface area contributed by atoms with Crippen molar-refractivity contribution in [2.24, 2.45) is 5.92 Å². The summed E-state index contributed by atoms with van der Waals surface area (Å²) in [5.74, 6) is 0.212. The molecule has 0 spiro atoms. The second kappa shape index (κ2) is 5.75. The van der Waals surface area contributed by atoms with Gasteiger partial charge < -0.3 is 10.2 Å². The molecule has 0 saturated heterocycles. The van der Waals surface area contributed by atoms with Crippen LogP contribution in [0.15, 0.2) is 18.2 Å². The molecule has 1 amide bonds. The third-order valence-electron chi connectivity index (χ3n) is 3.65. The van der Waals surface area contributed by atoms with Crippen LogP contribution in [0.25, 0.3) is 0 Å². The molecular weight excluding hydrogens is 238 g/mol. The summed E-state index contributed by atoms with van der Waals surface area (Å²) in [7, 11) is 1.82. The molecular formula is C15H19N3O. The van der Waals surface area contributed by atoms with Crippen molar-refractivity contribution < 1.29 is 4.79 Å². The van der Waals surface area contributed by atoms with Crippen LogP contribution in [0.4, 0.5) is 11.4 Å². The Bertz CT molecular complexity index is 519. The highest BCUT2D eigenvalue weighted by atomic mass is 16.2. The average molecular weight is 257 g/mol. The molecule has 1 heterocycles. The second-order valence-corrected chi connectivity index (χ2v) is 4.91. The van der Waals surface area contributed by atoms with E-state index in [1.54, 1.807) is 4.90 Å². The number of aryl methyl sites for hydroxylation is 1. The Labute approximate surface area is 114 Å². The Hall–Kier alpha value is -2.02. The second-order valence-electron chi connectivity index (χ2n) is 4.91. The molecule has 0 radical (unpaired) electrons. The number of amides is 1. The first kappa shape index (κ1) is 13.4. The number of benzene rings is 1. The SMILES string of the molecule is CCC(C#N)CNc1ccc2c(c1)CCC(=O)N2C. The van der Waals surface area contributed by atoms with E-state index in [1.165, 1.54) is 5.56 Å². The van der Waals surface area contributed by atoms with Crippen molar-refractivity contribution in [1.82, 2.24) is 0 Å². The first-order valence-electron chi connectivity index (χ1n) is 6.68. The van der Waals surface area contributed by atoms with E-state index < -0.39 is 0 Å². The van der Waals surface area contributed by atoms with E-state index in [-0.39, 0.29) is 11.8 Å². The Balaban J connectivity index is 2.10. The van der Waals surface area contributed by atoms with Crippen LogP contribution in [-0.4, -0.2) is 19.5 Å². The monoisotopic (exact) mass is 257 g/mol. The molecule has 1 aliphatic rings. The first-order chi connectivity index (χ1) is 9.15. The summed E-state index contributed by atoms with van der Waals surface area (Å²) in [5.41, 5.74) is 3.21. The quantitative estimate of drug-likeness (QED) is 0.901. The van der Waals surface area contributed by atoms with Crippen molar-refractivity contribution in [2.45, 2.75) is 26.2 Å². The third-order valence-corrected chi connectivity index (χ3v) is 3.65. The van der Waals surface area contributed by atoms with Gasteiger partial charge in [-0.05, 0) is 36.6 Å². The Morgan fingerprint density at radius 2 is 2.26 bits per heavy atom. The van der Waals surface area contributed by atoms with Gasteiger partial charge in [0.25, 0.3) is 0 Å². The van der Waals surface area contributed by atoms with Crippen molar-refractivity contribution in [2.75, 3.05) is 23.8 Å². The van der Waals surface area contributed by atoms with Crippen molar-refractivity contribution in [3.8, 4) is 6.07 Å². The highest BCUT2D eigenvalue weighted by molar-refractivity contribution is 5.96. The summed E-state index contributed by atoms with van der Waals surface area (Å²) in [5, 5.41) is 12.2. The fourth-order valence-electron chi connectivity index (χ4n) is 2.29. The fraction of sp³-hybridized carbons (Fsp3) is 0.467. The molecule has 0 fully saturated rings. The van der Waals surface area contributed by atoms with E-state index >= 15 is 0 Å². The van der Waals surface area contributed by atoms with Crippen LogP contribution >= 0.6 is 0 Å². The lowest BCUT2D eigenvalue weighted by molar-refractivity contribution is -0.118. The number of anilines is 2. The molecule has 4 heteroatoms.